The lowest BCUT2D eigenvalue weighted by atomic mass is 10.0. The lowest BCUT2D eigenvalue weighted by molar-refractivity contribution is -0.141. The van der Waals surface area contributed by atoms with Crippen molar-refractivity contribution in [3.05, 3.63) is 81.5 Å². The highest BCUT2D eigenvalue weighted by Crippen LogP contribution is 2.36. The van der Waals surface area contributed by atoms with E-state index in [2.05, 4.69) is 15.6 Å². The van der Waals surface area contributed by atoms with Gasteiger partial charge in [-0.05, 0) is 36.8 Å². The van der Waals surface area contributed by atoms with Crippen LogP contribution in [0.5, 0.6) is 11.5 Å². The molecule has 0 aliphatic heterocycles. The van der Waals surface area contributed by atoms with Crippen LogP contribution in [-0.4, -0.2) is 50.8 Å². The molecule has 1 atom stereocenters. The topological polar surface area (TPSA) is 138 Å². The number of halogens is 4. The Morgan fingerprint density at radius 3 is 2.36 bits per heavy atom. The van der Waals surface area contributed by atoms with Crippen molar-refractivity contribution in [1.29, 1.82) is 0 Å². The molecule has 0 saturated carbocycles. The summed E-state index contributed by atoms with van der Waals surface area (Å²) in [7, 11) is 2.62. The molecule has 11 nitrogen and oxygen atoms in total. The van der Waals surface area contributed by atoms with Crippen LogP contribution in [0.25, 0.3) is 16.8 Å². The molecule has 2 aromatic carbocycles. The van der Waals surface area contributed by atoms with E-state index in [4.69, 9.17) is 21.1 Å². The summed E-state index contributed by atoms with van der Waals surface area (Å²) in [6.07, 6.45) is -2.52. The molecule has 0 fully saturated rings. The van der Waals surface area contributed by atoms with Gasteiger partial charge in [0.15, 0.2) is 5.69 Å². The molecule has 0 unspecified atom stereocenters. The zero-order chi connectivity index (χ0) is 30.8. The van der Waals surface area contributed by atoms with Gasteiger partial charge in [0.1, 0.15) is 23.1 Å². The normalized spacial score (nSPS) is 12.1. The van der Waals surface area contributed by atoms with Crippen molar-refractivity contribution in [3.8, 4) is 28.3 Å². The molecule has 0 radical (unpaired) electrons. The molecule has 4 rings (SSSR count). The van der Waals surface area contributed by atoms with E-state index >= 15 is 0 Å². The van der Waals surface area contributed by atoms with Crippen LogP contribution < -0.4 is 20.3 Å². The number of carbonyl (C=O) groups excluding carboxylic acids is 1. The number of rotatable bonds is 9. The zero-order valence-electron chi connectivity index (χ0n) is 22.3. The van der Waals surface area contributed by atoms with E-state index in [1.807, 2.05) is 0 Å². The molecular weight excluding hydrogens is 583 g/mol. The van der Waals surface area contributed by atoms with E-state index in [9.17, 15) is 32.7 Å². The molecule has 2 N–H and O–H groups in total. The molecule has 0 aliphatic rings. The van der Waals surface area contributed by atoms with Gasteiger partial charge in [0.25, 0.3) is 5.56 Å². The molecule has 0 saturated heterocycles. The second-order valence-corrected chi connectivity index (χ2v) is 9.28. The number of nitrogens with zero attached hydrogens (tertiary/aromatic N) is 4. The highest BCUT2D eigenvalue weighted by molar-refractivity contribution is 6.31. The number of carboxylic acids is 1. The van der Waals surface area contributed by atoms with Crippen molar-refractivity contribution in [2.24, 2.45) is 0 Å². The lowest BCUT2D eigenvalue weighted by Crippen LogP contribution is -2.32. The first-order valence-electron chi connectivity index (χ1n) is 12.2. The minimum Gasteiger partial charge on any atom is -0.496 e. The number of benzene rings is 2. The number of nitrogens with one attached hydrogen (secondary N) is 1. The number of hydrogen-bond acceptors (Lipinski definition) is 7. The van der Waals surface area contributed by atoms with Crippen LogP contribution in [0.3, 0.4) is 0 Å². The summed E-state index contributed by atoms with van der Waals surface area (Å²) in [4.78, 5) is 38.0. The molecule has 220 valence electrons. The summed E-state index contributed by atoms with van der Waals surface area (Å²) in [6.45, 7) is 1.68. The van der Waals surface area contributed by atoms with Gasteiger partial charge in [-0.2, -0.15) is 13.2 Å². The van der Waals surface area contributed by atoms with E-state index in [1.165, 1.54) is 62.9 Å². The van der Waals surface area contributed by atoms with E-state index < -0.39 is 35.3 Å². The zero-order valence-corrected chi connectivity index (χ0v) is 23.0. The van der Waals surface area contributed by atoms with E-state index in [1.54, 1.807) is 6.92 Å². The highest BCUT2D eigenvalue weighted by Gasteiger charge is 2.35. The summed E-state index contributed by atoms with van der Waals surface area (Å²) in [5.74, 6) is -1.63. The maximum Gasteiger partial charge on any atom is 0.436 e. The standard InChI is InChI=1S/C27H23ClF3N5O6/c1-4-19(25(38)32-15-6-7-16(26(39)40)21(10-15)41-2)35-12-22(42-3)18(11-24(35)37)17-9-14(28)5-8-20(17)36-13-23(33-34-36)27(29,30)31/h5-13,19H,4H2,1-3H3,(H,32,38)(H,39,40)/t19-/m0/s1. The van der Waals surface area contributed by atoms with E-state index in [-0.39, 0.29) is 51.0 Å². The number of carboxylic acid groups (broad SMARTS) is 1. The van der Waals surface area contributed by atoms with Crippen LogP contribution in [-0.2, 0) is 11.0 Å². The number of alkyl halides is 3. The summed E-state index contributed by atoms with van der Waals surface area (Å²) in [6, 6.07) is 8.46. The van der Waals surface area contributed by atoms with Gasteiger partial charge in [0.05, 0.1) is 32.3 Å². The number of pyridine rings is 1. The molecule has 2 aromatic heterocycles. The first-order valence-corrected chi connectivity index (χ1v) is 12.6. The Labute approximate surface area is 241 Å². The first-order chi connectivity index (χ1) is 19.9. The Bertz CT molecular complexity index is 1720. The SMILES string of the molecule is CC[C@@H](C(=O)Nc1ccc(C(=O)O)c(OC)c1)n1cc(OC)c(-c2cc(Cl)ccc2-n2cc(C(F)(F)F)nn2)cc1=O. The number of hydrogen-bond donors (Lipinski definition) is 2. The molecule has 0 aliphatic carbocycles. The van der Waals surface area contributed by atoms with Gasteiger partial charge < -0.3 is 19.9 Å². The minimum atomic E-state index is -4.72. The molecule has 0 bridgehead atoms. The van der Waals surface area contributed by atoms with E-state index in [0.717, 1.165) is 9.25 Å². The van der Waals surface area contributed by atoms with Gasteiger partial charge in [-0.1, -0.05) is 23.7 Å². The van der Waals surface area contributed by atoms with E-state index in [0.29, 0.717) is 6.20 Å². The van der Waals surface area contributed by atoms with Gasteiger partial charge >= 0.3 is 12.1 Å². The van der Waals surface area contributed by atoms with Gasteiger partial charge in [-0.3, -0.25) is 14.2 Å². The number of carbonyl (C=O) groups is 2. The summed E-state index contributed by atoms with van der Waals surface area (Å²) in [5, 5.41) is 18.9. The third-order valence-electron chi connectivity index (χ3n) is 6.27. The predicted octanol–water partition coefficient (Wildman–Crippen LogP) is 5.07. The largest absolute Gasteiger partial charge is 0.496 e. The average Bonchev–Trinajstić information content (AvgIpc) is 3.45. The van der Waals surface area contributed by atoms with Crippen molar-refractivity contribution in [2.75, 3.05) is 19.5 Å². The number of aromatic carboxylic acids is 1. The monoisotopic (exact) mass is 605 g/mol. The third kappa shape index (κ3) is 6.07. The Morgan fingerprint density at radius 1 is 1.05 bits per heavy atom. The minimum absolute atomic E-state index is 0.0311. The number of ether oxygens (including phenoxy) is 2. The number of amides is 1. The van der Waals surface area contributed by atoms with Crippen molar-refractivity contribution in [2.45, 2.75) is 25.6 Å². The van der Waals surface area contributed by atoms with Crippen molar-refractivity contribution >= 4 is 29.2 Å². The van der Waals surface area contributed by atoms with Gasteiger partial charge in [-0.15, -0.1) is 5.10 Å². The quantitative estimate of drug-likeness (QED) is 0.270. The molecule has 4 aromatic rings. The van der Waals surface area contributed by atoms with Crippen molar-refractivity contribution in [3.63, 3.8) is 0 Å². The Kier molecular flexibility index (Phi) is 8.56. The van der Waals surface area contributed by atoms with Crippen LogP contribution in [0.4, 0.5) is 18.9 Å². The van der Waals surface area contributed by atoms with Crippen LogP contribution in [0.1, 0.15) is 35.4 Å². The first kappa shape index (κ1) is 30.1. The number of aromatic nitrogens is 4. The molecule has 0 spiro atoms. The second kappa shape index (κ2) is 11.9. The average molecular weight is 606 g/mol. The second-order valence-electron chi connectivity index (χ2n) is 8.84. The third-order valence-corrected chi connectivity index (χ3v) is 6.50. The van der Waals surface area contributed by atoms with Crippen molar-refractivity contribution in [1.82, 2.24) is 19.6 Å². The molecular formula is C27H23ClF3N5O6. The fourth-order valence-corrected chi connectivity index (χ4v) is 4.43. The Morgan fingerprint density at radius 2 is 1.76 bits per heavy atom. The van der Waals surface area contributed by atoms with Gasteiger partial charge in [0.2, 0.25) is 5.91 Å². The van der Waals surface area contributed by atoms with Crippen LogP contribution in [0.2, 0.25) is 5.02 Å². The van der Waals surface area contributed by atoms with Crippen LogP contribution in [0, 0.1) is 0 Å². The lowest BCUT2D eigenvalue weighted by Gasteiger charge is -2.21. The molecule has 15 heteroatoms. The predicted molar refractivity (Wildman–Crippen MR) is 146 cm³/mol. The summed E-state index contributed by atoms with van der Waals surface area (Å²) < 4.78 is 52.1. The van der Waals surface area contributed by atoms with Crippen molar-refractivity contribution < 1.29 is 37.3 Å². The smallest absolute Gasteiger partial charge is 0.436 e. The van der Waals surface area contributed by atoms with Gasteiger partial charge in [-0.25, -0.2) is 9.48 Å². The fourth-order valence-electron chi connectivity index (χ4n) is 4.26. The number of methoxy groups -OCH3 is 2. The number of anilines is 1. The Balaban J connectivity index is 1.74. The molecule has 42 heavy (non-hydrogen) atoms. The molecule has 1 amide bonds. The summed E-state index contributed by atoms with van der Waals surface area (Å²) >= 11 is 6.19. The fraction of sp³-hybridized carbons (Fsp3) is 0.222. The maximum atomic E-state index is 13.4. The van der Waals surface area contributed by atoms with Crippen LogP contribution in [0.15, 0.2) is 59.7 Å². The highest BCUT2D eigenvalue weighted by atomic mass is 35.5. The molecule has 2 heterocycles. The van der Waals surface area contributed by atoms with Gasteiger partial charge in [0, 0.05) is 34.0 Å². The van der Waals surface area contributed by atoms with Crippen LogP contribution >= 0.6 is 11.6 Å². The Hall–Kier alpha value is -4.85. The maximum absolute atomic E-state index is 13.4. The summed E-state index contributed by atoms with van der Waals surface area (Å²) in [5.41, 5.74) is -1.13.